The Morgan fingerprint density at radius 1 is 1.23 bits per heavy atom. The number of β-lactam (4-membered cyclic amide) rings is 1. The Labute approximate surface area is 183 Å². The Hall–Kier alpha value is -2.85. The number of hydrogen-bond acceptors (Lipinski definition) is 5. The minimum absolute atomic E-state index is 0.0168. The van der Waals surface area contributed by atoms with E-state index in [1.807, 2.05) is 13.0 Å². The molecule has 4 rings (SSSR count). The number of nitrogens with zero attached hydrogens (tertiary/aromatic N) is 2. The molecule has 1 aromatic rings. The van der Waals surface area contributed by atoms with Gasteiger partial charge in [0.05, 0.1) is 18.1 Å². The third kappa shape index (κ3) is 3.81. The van der Waals surface area contributed by atoms with Gasteiger partial charge in [0.25, 0.3) is 5.91 Å². The molecule has 4 atom stereocenters. The van der Waals surface area contributed by atoms with Crippen LogP contribution in [0.3, 0.4) is 0 Å². The standard InChI is InChI=1S/C21H24N4O5S/c1-10-15-14(11(2)26)19(28)25(15)16(20(29)30)17(10)31-13-8-22-21(23-9-13)24-18(27)12-6-4-3-5-7-12/h3-7,10-11,13-15,26H,8-9H2,1-2H3,(H,29,30)(H2,22,23,24,27)/t10-,11-,14-,15-/m1/s1. The number of hydrogen-bond donors (Lipinski definition) is 4. The van der Waals surface area contributed by atoms with E-state index < -0.39 is 18.0 Å². The van der Waals surface area contributed by atoms with Gasteiger partial charge < -0.3 is 25.7 Å². The van der Waals surface area contributed by atoms with E-state index in [0.29, 0.717) is 29.5 Å². The van der Waals surface area contributed by atoms with Gasteiger partial charge in [-0.1, -0.05) is 25.1 Å². The van der Waals surface area contributed by atoms with Crippen LogP contribution in [-0.2, 0) is 9.59 Å². The normalized spacial score (nSPS) is 28.3. The summed E-state index contributed by atoms with van der Waals surface area (Å²) in [6, 6.07) is 8.43. The van der Waals surface area contributed by atoms with Crippen LogP contribution in [0, 0.1) is 11.8 Å². The Bertz CT molecular complexity index is 967. The summed E-state index contributed by atoms with van der Waals surface area (Å²) in [5.41, 5.74) is 0.510. The monoisotopic (exact) mass is 444 g/mol. The number of aliphatic carboxylic acids is 1. The highest BCUT2D eigenvalue weighted by atomic mass is 32.2. The molecule has 4 N–H and O–H groups in total. The number of fused-ring (bicyclic) bond motifs is 1. The zero-order chi connectivity index (χ0) is 22.3. The third-order valence-electron chi connectivity index (χ3n) is 5.83. The molecule has 0 spiro atoms. The molecule has 0 saturated carbocycles. The maximum absolute atomic E-state index is 12.4. The Balaban J connectivity index is 1.43. The summed E-state index contributed by atoms with van der Waals surface area (Å²) in [5, 5.41) is 25.8. The van der Waals surface area contributed by atoms with E-state index in [0.717, 1.165) is 0 Å². The molecule has 3 heterocycles. The Morgan fingerprint density at radius 3 is 2.45 bits per heavy atom. The lowest BCUT2D eigenvalue weighted by Gasteiger charge is -2.46. The fourth-order valence-electron chi connectivity index (χ4n) is 4.32. The number of aliphatic imine (C=N–C) groups is 1. The zero-order valence-electron chi connectivity index (χ0n) is 17.1. The van der Waals surface area contributed by atoms with Crippen molar-refractivity contribution in [3.63, 3.8) is 0 Å². The van der Waals surface area contributed by atoms with Gasteiger partial charge in [0.1, 0.15) is 5.70 Å². The minimum Gasteiger partial charge on any atom is -0.477 e. The average Bonchev–Trinajstić information content (AvgIpc) is 2.98. The van der Waals surface area contributed by atoms with Gasteiger partial charge >= 0.3 is 5.97 Å². The number of rotatable bonds is 5. The Morgan fingerprint density at radius 2 is 1.87 bits per heavy atom. The maximum atomic E-state index is 12.4. The van der Waals surface area contributed by atoms with Crippen LogP contribution in [0.1, 0.15) is 24.2 Å². The van der Waals surface area contributed by atoms with Crippen LogP contribution in [-0.4, -0.2) is 69.3 Å². The van der Waals surface area contributed by atoms with E-state index in [1.54, 1.807) is 31.2 Å². The molecule has 164 valence electrons. The first kappa shape index (κ1) is 21.4. The molecule has 2 saturated heterocycles. The van der Waals surface area contributed by atoms with Crippen LogP contribution < -0.4 is 10.6 Å². The first-order valence-corrected chi connectivity index (χ1v) is 11.0. The number of nitrogens with one attached hydrogen (secondary N) is 2. The summed E-state index contributed by atoms with van der Waals surface area (Å²) in [7, 11) is 0. The highest BCUT2D eigenvalue weighted by Gasteiger charge is 2.60. The summed E-state index contributed by atoms with van der Waals surface area (Å²) < 4.78 is 0. The van der Waals surface area contributed by atoms with Crippen LogP contribution in [0.15, 0.2) is 45.9 Å². The summed E-state index contributed by atoms with van der Waals surface area (Å²) in [6.45, 7) is 4.43. The number of carbonyl (C=O) groups is 3. The van der Waals surface area contributed by atoms with Gasteiger partial charge in [-0.25, -0.2) is 4.79 Å². The van der Waals surface area contributed by atoms with Gasteiger partial charge in [-0.3, -0.25) is 9.59 Å². The second-order valence-corrected chi connectivity index (χ2v) is 9.25. The molecule has 31 heavy (non-hydrogen) atoms. The molecule has 1 aromatic carbocycles. The molecular formula is C21H24N4O5S. The van der Waals surface area contributed by atoms with E-state index in [1.165, 1.54) is 16.7 Å². The SMILES string of the molecule is C[C@@H](O)[C@H]1C(=O)N2C(C(=O)O)=C(SC3CNC(=NC(=O)c4ccccc4)NC3)[C@H](C)[C@H]12. The van der Waals surface area contributed by atoms with Gasteiger partial charge in [-0.2, -0.15) is 4.99 Å². The van der Waals surface area contributed by atoms with Crippen LogP contribution >= 0.6 is 11.8 Å². The second kappa shape index (κ2) is 8.35. The summed E-state index contributed by atoms with van der Waals surface area (Å²) in [6.07, 6.45) is -0.825. The number of carbonyl (C=O) groups excluding carboxylic acids is 2. The average molecular weight is 445 g/mol. The van der Waals surface area contributed by atoms with E-state index in [-0.39, 0.29) is 34.7 Å². The molecule has 2 fully saturated rings. The van der Waals surface area contributed by atoms with Crippen molar-refractivity contribution in [1.82, 2.24) is 15.5 Å². The number of carboxylic acid groups (broad SMARTS) is 1. The number of carboxylic acids is 1. The fraction of sp³-hybridized carbons (Fsp3) is 0.429. The molecule has 0 radical (unpaired) electrons. The lowest BCUT2D eigenvalue weighted by Crippen LogP contribution is -2.63. The predicted octanol–water partition coefficient (Wildman–Crippen LogP) is 0.631. The lowest BCUT2D eigenvalue weighted by atomic mass is 9.79. The largest absolute Gasteiger partial charge is 0.477 e. The summed E-state index contributed by atoms with van der Waals surface area (Å²) >= 11 is 1.41. The fourth-order valence-corrected chi connectivity index (χ4v) is 5.67. The smallest absolute Gasteiger partial charge is 0.353 e. The molecule has 0 aliphatic carbocycles. The number of aliphatic hydroxyl groups excluding tert-OH is 1. The number of benzene rings is 1. The summed E-state index contributed by atoms with van der Waals surface area (Å²) in [4.78, 5) is 42.6. The minimum atomic E-state index is -1.14. The van der Waals surface area contributed by atoms with Crippen molar-refractivity contribution in [3.8, 4) is 0 Å². The van der Waals surface area contributed by atoms with Crippen LogP contribution in [0.2, 0.25) is 0 Å². The molecular weight excluding hydrogens is 420 g/mol. The number of aliphatic hydroxyl groups is 1. The van der Waals surface area contributed by atoms with Crippen molar-refractivity contribution in [3.05, 3.63) is 46.5 Å². The summed E-state index contributed by atoms with van der Waals surface area (Å²) in [5.74, 6) is -2.20. The van der Waals surface area contributed by atoms with Crippen molar-refractivity contribution in [2.45, 2.75) is 31.2 Å². The first-order chi connectivity index (χ1) is 14.8. The molecule has 0 unspecified atom stereocenters. The van der Waals surface area contributed by atoms with Crippen LogP contribution in [0.5, 0.6) is 0 Å². The van der Waals surface area contributed by atoms with Crippen molar-refractivity contribution in [2.75, 3.05) is 13.1 Å². The molecule has 10 heteroatoms. The van der Waals surface area contributed by atoms with Crippen molar-refractivity contribution < 1.29 is 24.6 Å². The van der Waals surface area contributed by atoms with Crippen LogP contribution in [0.25, 0.3) is 0 Å². The van der Waals surface area contributed by atoms with Gasteiger partial charge in [0.2, 0.25) is 5.91 Å². The number of guanidine groups is 1. The second-order valence-electron chi connectivity index (χ2n) is 7.91. The topological polar surface area (TPSA) is 131 Å². The van der Waals surface area contributed by atoms with Gasteiger partial charge in [-0.05, 0) is 19.1 Å². The predicted molar refractivity (Wildman–Crippen MR) is 115 cm³/mol. The lowest BCUT2D eigenvalue weighted by molar-refractivity contribution is -0.163. The molecule has 3 aliphatic heterocycles. The van der Waals surface area contributed by atoms with E-state index in [4.69, 9.17) is 0 Å². The quantitative estimate of drug-likeness (QED) is 0.487. The third-order valence-corrected chi connectivity index (χ3v) is 7.32. The van der Waals surface area contributed by atoms with E-state index in [9.17, 15) is 24.6 Å². The van der Waals surface area contributed by atoms with Crippen molar-refractivity contribution in [2.24, 2.45) is 16.8 Å². The Kier molecular flexibility index (Phi) is 5.76. The molecule has 0 aromatic heterocycles. The van der Waals surface area contributed by atoms with Gasteiger partial charge in [-0.15, -0.1) is 11.8 Å². The van der Waals surface area contributed by atoms with Crippen molar-refractivity contribution >= 4 is 35.5 Å². The van der Waals surface area contributed by atoms with E-state index in [2.05, 4.69) is 15.6 Å². The first-order valence-electron chi connectivity index (χ1n) is 10.1. The van der Waals surface area contributed by atoms with Gasteiger partial charge in [0.15, 0.2) is 5.96 Å². The molecule has 2 amide bonds. The van der Waals surface area contributed by atoms with Gasteiger partial charge in [0, 0.05) is 34.7 Å². The number of thioether (sulfide) groups is 1. The zero-order valence-corrected chi connectivity index (χ0v) is 17.9. The van der Waals surface area contributed by atoms with Crippen molar-refractivity contribution in [1.29, 1.82) is 0 Å². The molecule has 9 nitrogen and oxygen atoms in total. The molecule has 3 aliphatic rings. The highest BCUT2D eigenvalue weighted by Crippen LogP contribution is 2.51. The van der Waals surface area contributed by atoms with Crippen LogP contribution in [0.4, 0.5) is 0 Å². The van der Waals surface area contributed by atoms with E-state index >= 15 is 0 Å². The maximum Gasteiger partial charge on any atom is 0.353 e. The highest BCUT2D eigenvalue weighted by molar-refractivity contribution is 8.03. The number of amides is 2. The molecule has 0 bridgehead atoms.